The second kappa shape index (κ2) is 6.25. The highest BCUT2D eigenvalue weighted by Crippen LogP contribution is 2.19. The maximum Gasteiger partial charge on any atom is 0.327 e. The van der Waals surface area contributed by atoms with Gasteiger partial charge in [-0.1, -0.05) is 11.6 Å². The predicted octanol–water partition coefficient (Wildman–Crippen LogP) is 0.0432. The van der Waals surface area contributed by atoms with Gasteiger partial charge in [0.1, 0.15) is 5.75 Å². The number of nitrogens with one attached hydrogen (secondary N) is 3. The van der Waals surface area contributed by atoms with Gasteiger partial charge in [0.15, 0.2) is 0 Å². The number of aryl methyl sites for hydroxylation is 1. The Morgan fingerprint density at radius 1 is 1.14 bits per heavy atom. The Balaban J connectivity index is 1.93. The minimum absolute atomic E-state index is 0.0795. The fourth-order valence-corrected chi connectivity index (χ4v) is 1.72. The van der Waals surface area contributed by atoms with E-state index in [2.05, 4.69) is 16.2 Å². The van der Waals surface area contributed by atoms with E-state index in [0.717, 1.165) is 18.4 Å². The lowest BCUT2D eigenvalue weighted by Gasteiger charge is -2.11. The number of hydrazine groups is 1. The SMILES string of the molecule is COc1ccc(C)cc1C(=O)NNC(=O)C(=O)NC1CC1. The molecule has 0 heterocycles. The highest BCUT2D eigenvalue weighted by atomic mass is 16.5. The molecule has 1 saturated carbocycles. The molecule has 2 rings (SSSR count). The normalized spacial score (nSPS) is 13.2. The van der Waals surface area contributed by atoms with E-state index in [9.17, 15) is 14.4 Å². The van der Waals surface area contributed by atoms with Crippen LogP contribution in [0.2, 0.25) is 0 Å². The van der Waals surface area contributed by atoms with E-state index in [-0.39, 0.29) is 11.6 Å². The first-order chi connectivity index (χ1) is 10.0. The largest absolute Gasteiger partial charge is 0.496 e. The van der Waals surface area contributed by atoms with Crippen molar-refractivity contribution >= 4 is 17.7 Å². The first-order valence-corrected chi connectivity index (χ1v) is 6.57. The number of amides is 3. The first kappa shape index (κ1) is 14.8. The summed E-state index contributed by atoms with van der Waals surface area (Å²) in [4.78, 5) is 34.9. The third-order valence-corrected chi connectivity index (χ3v) is 3.01. The summed E-state index contributed by atoms with van der Waals surface area (Å²) >= 11 is 0. The van der Waals surface area contributed by atoms with Crippen LogP contribution in [0.1, 0.15) is 28.8 Å². The van der Waals surface area contributed by atoms with Crippen molar-refractivity contribution in [3.63, 3.8) is 0 Å². The van der Waals surface area contributed by atoms with Crippen LogP contribution in [0.15, 0.2) is 18.2 Å². The summed E-state index contributed by atoms with van der Waals surface area (Å²) in [5.74, 6) is -1.83. The molecule has 7 nitrogen and oxygen atoms in total. The van der Waals surface area contributed by atoms with Crippen molar-refractivity contribution in [1.29, 1.82) is 0 Å². The average molecular weight is 291 g/mol. The van der Waals surface area contributed by atoms with E-state index in [1.807, 2.05) is 6.92 Å². The highest BCUT2D eigenvalue weighted by molar-refractivity contribution is 6.35. The van der Waals surface area contributed by atoms with Crippen molar-refractivity contribution in [3.05, 3.63) is 29.3 Å². The zero-order valence-corrected chi connectivity index (χ0v) is 11.9. The number of carbonyl (C=O) groups is 3. The summed E-state index contributed by atoms with van der Waals surface area (Å²) in [5.41, 5.74) is 5.43. The number of hydrogen-bond acceptors (Lipinski definition) is 4. The number of methoxy groups -OCH3 is 1. The molecule has 1 aliphatic carbocycles. The molecule has 0 aromatic heterocycles. The Labute approximate surface area is 122 Å². The summed E-state index contributed by atoms with van der Waals surface area (Å²) in [6.07, 6.45) is 1.76. The Morgan fingerprint density at radius 2 is 1.86 bits per heavy atom. The Kier molecular flexibility index (Phi) is 4.42. The van der Waals surface area contributed by atoms with Crippen LogP contribution in [0.4, 0.5) is 0 Å². The third kappa shape index (κ3) is 3.95. The van der Waals surface area contributed by atoms with E-state index in [1.54, 1.807) is 18.2 Å². The molecule has 0 bridgehead atoms. The molecular weight excluding hydrogens is 274 g/mol. The molecule has 0 aliphatic heterocycles. The zero-order valence-electron chi connectivity index (χ0n) is 11.9. The van der Waals surface area contributed by atoms with Crippen LogP contribution >= 0.6 is 0 Å². The average Bonchev–Trinajstić information content (AvgIpc) is 3.28. The third-order valence-electron chi connectivity index (χ3n) is 3.01. The molecule has 0 unspecified atom stereocenters. The molecule has 0 spiro atoms. The molecule has 0 atom stereocenters. The van der Waals surface area contributed by atoms with Gasteiger partial charge in [-0.05, 0) is 31.9 Å². The summed E-state index contributed by atoms with van der Waals surface area (Å²) in [5, 5.41) is 2.52. The Bertz CT molecular complexity index is 582. The maximum atomic E-state index is 12.0. The minimum Gasteiger partial charge on any atom is -0.496 e. The molecule has 7 heteroatoms. The predicted molar refractivity (Wildman–Crippen MR) is 74.5 cm³/mol. The maximum absolute atomic E-state index is 12.0. The van der Waals surface area contributed by atoms with Gasteiger partial charge in [-0.3, -0.25) is 25.2 Å². The molecule has 0 saturated heterocycles. The number of benzene rings is 1. The van der Waals surface area contributed by atoms with Gasteiger partial charge in [0.05, 0.1) is 12.7 Å². The molecule has 1 aromatic carbocycles. The van der Waals surface area contributed by atoms with Crippen LogP contribution in [-0.4, -0.2) is 30.9 Å². The van der Waals surface area contributed by atoms with Gasteiger partial charge < -0.3 is 10.1 Å². The van der Waals surface area contributed by atoms with E-state index in [0.29, 0.717) is 5.75 Å². The summed E-state index contributed by atoms with van der Waals surface area (Å²) < 4.78 is 5.08. The quantitative estimate of drug-likeness (QED) is 0.541. The van der Waals surface area contributed by atoms with Crippen molar-refractivity contribution in [2.24, 2.45) is 0 Å². The van der Waals surface area contributed by atoms with Crippen molar-refractivity contribution < 1.29 is 19.1 Å². The van der Waals surface area contributed by atoms with Crippen LogP contribution in [0.25, 0.3) is 0 Å². The van der Waals surface area contributed by atoms with Crippen LogP contribution in [0.5, 0.6) is 5.75 Å². The van der Waals surface area contributed by atoms with E-state index >= 15 is 0 Å². The number of carbonyl (C=O) groups excluding carboxylic acids is 3. The molecular formula is C14H17N3O4. The lowest BCUT2D eigenvalue weighted by atomic mass is 10.1. The fourth-order valence-electron chi connectivity index (χ4n) is 1.72. The van der Waals surface area contributed by atoms with Gasteiger partial charge in [-0.25, -0.2) is 0 Å². The molecule has 1 fully saturated rings. The highest BCUT2D eigenvalue weighted by Gasteiger charge is 2.26. The first-order valence-electron chi connectivity index (χ1n) is 6.57. The standard InChI is InChI=1S/C14H17N3O4/c1-8-3-6-11(21-2)10(7-8)12(18)16-17-14(20)13(19)15-9-4-5-9/h3,6-7,9H,4-5H2,1-2H3,(H,15,19)(H,16,18)(H,17,20). The van der Waals surface area contributed by atoms with Gasteiger partial charge in [0, 0.05) is 6.04 Å². The van der Waals surface area contributed by atoms with Crippen molar-refractivity contribution in [1.82, 2.24) is 16.2 Å². The lowest BCUT2D eigenvalue weighted by molar-refractivity contribution is -0.139. The van der Waals surface area contributed by atoms with Crippen molar-refractivity contribution in [3.8, 4) is 5.75 Å². The van der Waals surface area contributed by atoms with Crippen LogP contribution in [-0.2, 0) is 9.59 Å². The van der Waals surface area contributed by atoms with Gasteiger partial charge in [-0.2, -0.15) is 0 Å². The molecule has 21 heavy (non-hydrogen) atoms. The van der Waals surface area contributed by atoms with Gasteiger partial charge in [0.2, 0.25) is 0 Å². The topological polar surface area (TPSA) is 96.5 Å². The number of ether oxygens (including phenoxy) is 1. The Morgan fingerprint density at radius 3 is 2.48 bits per heavy atom. The van der Waals surface area contributed by atoms with Crippen molar-refractivity contribution in [2.45, 2.75) is 25.8 Å². The fraction of sp³-hybridized carbons (Fsp3) is 0.357. The summed E-state index contributed by atoms with van der Waals surface area (Å²) in [6, 6.07) is 5.17. The van der Waals surface area contributed by atoms with E-state index in [1.165, 1.54) is 7.11 Å². The molecule has 0 radical (unpaired) electrons. The van der Waals surface area contributed by atoms with E-state index < -0.39 is 17.7 Å². The monoisotopic (exact) mass is 291 g/mol. The minimum atomic E-state index is -0.901. The number of hydrogen-bond donors (Lipinski definition) is 3. The van der Waals surface area contributed by atoms with Crippen LogP contribution in [0, 0.1) is 6.92 Å². The molecule has 3 N–H and O–H groups in total. The molecule has 112 valence electrons. The van der Waals surface area contributed by atoms with Crippen LogP contribution < -0.4 is 20.9 Å². The second-order valence-electron chi connectivity index (χ2n) is 4.86. The van der Waals surface area contributed by atoms with Crippen molar-refractivity contribution in [2.75, 3.05) is 7.11 Å². The number of rotatable bonds is 3. The van der Waals surface area contributed by atoms with Crippen LogP contribution in [0.3, 0.4) is 0 Å². The van der Waals surface area contributed by atoms with Gasteiger partial charge in [-0.15, -0.1) is 0 Å². The van der Waals surface area contributed by atoms with E-state index in [4.69, 9.17) is 4.74 Å². The lowest BCUT2D eigenvalue weighted by Crippen LogP contribution is -2.49. The summed E-state index contributed by atoms with van der Waals surface area (Å²) in [6.45, 7) is 1.83. The second-order valence-corrected chi connectivity index (χ2v) is 4.86. The molecule has 1 aromatic rings. The Hall–Kier alpha value is -2.57. The van der Waals surface area contributed by atoms with Gasteiger partial charge in [0.25, 0.3) is 5.91 Å². The summed E-state index contributed by atoms with van der Waals surface area (Å²) in [7, 11) is 1.45. The smallest absolute Gasteiger partial charge is 0.327 e. The van der Waals surface area contributed by atoms with Gasteiger partial charge >= 0.3 is 11.8 Å². The molecule has 1 aliphatic rings. The molecule has 3 amide bonds. The zero-order chi connectivity index (χ0) is 15.4.